The van der Waals surface area contributed by atoms with Gasteiger partial charge in [0.15, 0.2) is 0 Å². The first kappa shape index (κ1) is 12.4. The molecule has 0 aliphatic rings. The molecular formula is C11H13ClN4S. The van der Waals surface area contributed by atoms with Gasteiger partial charge < -0.3 is 0 Å². The molecule has 0 saturated heterocycles. The maximum Gasteiger partial charge on any atom is 0.207 e. The number of hydrogen-bond acceptors (Lipinski definition) is 5. The predicted octanol–water partition coefficient (Wildman–Crippen LogP) is 2.61. The summed E-state index contributed by atoms with van der Waals surface area (Å²) in [6.07, 6.45) is 1.81. The highest BCUT2D eigenvalue weighted by atomic mass is 35.5. The molecule has 2 heterocycles. The van der Waals surface area contributed by atoms with Gasteiger partial charge in [-0.2, -0.15) is 0 Å². The van der Waals surface area contributed by atoms with E-state index < -0.39 is 0 Å². The van der Waals surface area contributed by atoms with Crippen LogP contribution >= 0.6 is 22.9 Å². The molecule has 0 radical (unpaired) electrons. The van der Waals surface area contributed by atoms with Gasteiger partial charge in [0, 0.05) is 12.7 Å². The van der Waals surface area contributed by atoms with E-state index in [1.807, 2.05) is 24.4 Å². The van der Waals surface area contributed by atoms with Crippen LogP contribution in [0.4, 0.5) is 0 Å². The van der Waals surface area contributed by atoms with Gasteiger partial charge in [-0.3, -0.25) is 9.88 Å². The van der Waals surface area contributed by atoms with Gasteiger partial charge >= 0.3 is 0 Å². The van der Waals surface area contributed by atoms with Crippen molar-refractivity contribution in [2.24, 2.45) is 0 Å². The van der Waals surface area contributed by atoms with Crippen molar-refractivity contribution in [1.29, 1.82) is 0 Å². The zero-order chi connectivity index (χ0) is 12.1. The van der Waals surface area contributed by atoms with Gasteiger partial charge in [0.2, 0.25) is 4.47 Å². The number of pyridine rings is 1. The van der Waals surface area contributed by atoms with E-state index in [1.54, 1.807) is 0 Å². The minimum Gasteiger partial charge on any atom is -0.291 e. The Morgan fingerprint density at radius 1 is 1.29 bits per heavy atom. The average Bonchev–Trinajstić information content (AvgIpc) is 2.75. The molecule has 0 amide bonds. The second-order valence-corrected chi connectivity index (χ2v) is 5.22. The molecule has 17 heavy (non-hydrogen) atoms. The van der Waals surface area contributed by atoms with Crippen molar-refractivity contribution < 1.29 is 0 Å². The molecule has 0 N–H and O–H groups in total. The van der Waals surface area contributed by atoms with Crippen LogP contribution < -0.4 is 0 Å². The molecule has 0 aromatic carbocycles. The summed E-state index contributed by atoms with van der Waals surface area (Å²) in [6, 6.07) is 5.94. The SMILES string of the molecule is CCN(Cc1ccccn1)Cc1nnc(Cl)s1. The molecule has 4 nitrogen and oxygen atoms in total. The molecular weight excluding hydrogens is 256 g/mol. The zero-order valence-corrected chi connectivity index (χ0v) is 11.1. The topological polar surface area (TPSA) is 41.9 Å². The van der Waals surface area contributed by atoms with Crippen LogP contribution in [0, 0.1) is 0 Å². The third kappa shape index (κ3) is 3.73. The van der Waals surface area contributed by atoms with Crippen molar-refractivity contribution in [3.8, 4) is 0 Å². The summed E-state index contributed by atoms with van der Waals surface area (Å²) in [5.74, 6) is 0. The number of nitrogens with zero attached hydrogens (tertiary/aromatic N) is 4. The van der Waals surface area contributed by atoms with Gasteiger partial charge in [-0.15, -0.1) is 10.2 Å². The summed E-state index contributed by atoms with van der Waals surface area (Å²) >= 11 is 7.18. The minimum atomic E-state index is 0.494. The summed E-state index contributed by atoms with van der Waals surface area (Å²) in [6.45, 7) is 4.63. The quantitative estimate of drug-likeness (QED) is 0.836. The van der Waals surface area contributed by atoms with E-state index in [9.17, 15) is 0 Å². The van der Waals surface area contributed by atoms with E-state index >= 15 is 0 Å². The molecule has 6 heteroatoms. The zero-order valence-electron chi connectivity index (χ0n) is 9.51. The Morgan fingerprint density at radius 2 is 2.18 bits per heavy atom. The fraction of sp³-hybridized carbons (Fsp3) is 0.364. The number of hydrogen-bond donors (Lipinski definition) is 0. The third-order valence-electron chi connectivity index (χ3n) is 2.36. The van der Waals surface area contributed by atoms with E-state index in [0.717, 1.165) is 30.3 Å². The molecule has 2 rings (SSSR count). The number of halogens is 1. The van der Waals surface area contributed by atoms with Crippen molar-refractivity contribution in [1.82, 2.24) is 20.1 Å². The first-order valence-corrected chi connectivity index (χ1v) is 6.57. The van der Waals surface area contributed by atoms with E-state index in [0.29, 0.717) is 4.47 Å². The molecule has 2 aromatic rings. The lowest BCUT2D eigenvalue weighted by molar-refractivity contribution is 0.267. The fourth-order valence-electron chi connectivity index (χ4n) is 1.49. The van der Waals surface area contributed by atoms with E-state index in [4.69, 9.17) is 11.6 Å². The number of rotatable bonds is 5. The molecule has 90 valence electrons. The summed E-state index contributed by atoms with van der Waals surface area (Å²) in [5.41, 5.74) is 1.06. The minimum absolute atomic E-state index is 0.494. The molecule has 2 aromatic heterocycles. The van der Waals surface area contributed by atoms with Gasteiger partial charge in [0.25, 0.3) is 0 Å². The van der Waals surface area contributed by atoms with Gasteiger partial charge in [-0.05, 0) is 30.3 Å². The molecule has 0 aliphatic carbocycles. The lowest BCUT2D eigenvalue weighted by Crippen LogP contribution is -2.22. The predicted molar refractivity (Wildman–Crippen MR) is 68.9 cm³/mol. The monoisotopic (exact) mass is 268 g/mol. The van der Waals surface area contributed by atoms with E-state index in [1.165, 1.54) is 11.3 Å². The molecule has 0 aliphatic heterocycles. The second-order valence-electron chi connectivity index (χ2n) is 3.57. The molecule has 0 bridgehead atoms. The first-order valence-electron chi connectivity index (χ1n) is 5.38. The Labute approximate surface area is 109 Å². The Bertz CT molecular complexity index is 460. The highest BCUT2D eigenvalue weighted by Gasteiger charge is 2.09. The van der Waals surface area contributed by atoms with Crippen molar-refractivity contribution in [2.45, 2.75) is 20.0 Å². The highest BCUT2D eigenvalue weighted by Crippen LogP contribution is 2.17. The van der Waals surface area contributed by atoms with Crippen LogP contribution in [-0.4, -0.2) is 26.6 Å². The Morgan fingerprint density at radius 3 is 2.76 bits per heavy atom. The number of aromatic nitrogens is 3. The largest absolute Gasteiger partial charge is 0.291 e. The van der Waals surface area contributed by atoms with Crippen molar-refractivity contribution in [3.63, 3.8) is 0 Å². The van der Waals surface area contributed by atoms with Gasteiger partial charge in [0.1, 0.15) is 5.01 Å². The Kier molecular flexibility index (Phi) is 4.42. The standard InChI is InChI=1S/C11H13ClN4S/c1-2-16(7-9-5-3-4-6-13-9)8-10-14-15-11(12)17-10/h3-6H,2,7-8H2,1H3. The summed E-state index contributed by atoms with van der Waals surface area (Å²) in [7, 11) is 0. The Balaban J connectivity index is 1.98. The van der Waals surface area contributed by atoms with Gasteiger partial charge in [-0.1, -0.05) is 24.3 Å². The smallest absolute Gasteiger partial charge is 0.207 e. The molecule has 0 unspecified atom stereocenters. The molecule has 0 atom stereocenters. The lowest BCUT2D eigenvalue weighted by Gasteiger charge is -2.17. The first-order chi connectivity index (χ1) is 8.28. The Hall–Kier alpha value is -1.04. The van der Waals surface area contributed by atoms with Crippen LogP contribution in [0.3, 0.4) is 0 Å². The fourth-order valence-corrected chi connectivity index (χ4v) is 2.40. The van der Waals surface area contributed by atoms with Crippen molar-refractivity contribution in [2.75, 3.05) is 6.54 Å². The normalized spacial score (nSPS) is 11.0. The van der Waals surface area contributed by atoms with Crippen molar-refractivity contribution in [3.05, 3.63) is 39.6 Å². The van der Waals surface area contributed by atoms with Crippen LogP contribution in [0.25, 0.3) is 0 Å². The lowest BCUT2D eigenvalue weighted by atomic mass is 10.3. The van der Waals surface area contributed by atoms with E-state index in [2.05, 4.69) is 27.0 Å². The van der Waals surface area contributed by atoms with Crippen LogP contribution in [0.1, 0.15) is 17.6 Å². The van der Waals surface area contributed by atoms with Crippen LogP contribution in [-0.2, 0) is 13.1 Å². The van der Waals surface area contributed by atoms with Gasteiger partial charge in [-0.25, -0.2) is 0 Å². The van der Waals surface area contributed by atoms with Crippen LogP contribution in [0.15, 0.2) is 24.4 Å². The molecule has 0 saturated carbocycles. The molecule has 0 spiro atoms. The summed E-state index contributed by atoms with van der Waals surface area (Å²) < 4.78 is 0.494. The van der Waals surface area contributed by atoms with Gasteiger partial charge in [0.05, 0.1) is 12.2 Å². The summed E-state index contributed by atoms with van der Waals surface area (Å²) in [4.78, 5) is 6.56. The van der Waals surface area contributed by atoms with Crippen molar-refractivity contribution >= 4 is 22.9 Å². The maximum atomic E-state index is 5.76. The average molecular weight is 269 g/mol. The maximum absolute atomic E-state index is 5.76. The second kappa shape index (κ2) is 6.05. The van der Waals surface area contributed by atoms with Crippen LogP contribution in [0.2, 0.25) is 4.47 Å². The highest BCUT2D eigenvalue weighted by molar-refractivity contribution is 7.15. The third-order valence-corrected chi connectivity index (χ3v) is 3.36. The van der Waals surface area contributed by atoms with E-state index in [-0.39, 0.29) is 0 Å². The van der Waals surface area contributed by atoms with Crippen LogP contribution in [0.5, 0.6) is 0 Å². The summed E-state index contributed by atoms with van der Waals surface area (Å²) in [5, 5.41) is 8.76. The molecule has 0 fully saturated rings.